The van der Waals surface area contributed by atoms with E-state index in [-0.39, 0.29) is 5.91 Å². The van der Waals surface area contributed by atoms with E-state index in [0.717, 1.165) is 58.6 Å². The maximum Gasteiger partial charge on any atom is 0.257 e. The highest BCUT2D eigenvalue weighted by Crippen LogP contribution is 2.47. The Hall–Kier alpha value is -4.05. The Labute approximate surface area is 232 Å². The molecule has 0 saturated heterocycles. The quantitative estimate of drug-likeness (QED) is 0.191. The van der Waals surface area contributed by atoms with E-state index in [1.165, 1.54) is 19.3 Å². The zero-order valence-electron chi connectivity index (χ0n) is 23.0. The van der Waals surface area contributed by atoms with Crippen molar-refractivity contribution in [2.45, 2.75) is 57.5 Å². The molecule has 1 amide bonds. The van der Waals surface area contributed by atoms with Crippen molar-refractivity contribution < 1.29 is 9.53 Å². The molecule has 0 aliphatic carbocycles. The van der Waals surface area contributed by atoms with Gasteiger partial charge in [0.2, 0.25) is 0 Å². The number of nitrogens with one attached hydrogen (secondary N) is 1. The largest absolute Gasteiger partial charge is 0.497 e. The van der Waals surface area contributed by atoms with Crippen LogP contribution in [0.15, 0.2) is 103 Å². The lowest BCUT2D eigenvalue weighted by Gasteiger charge is -2.31. The summed E-state index contributed by atoms with van der Waals surface area (Å²) in [6.07, 6.45) is 6.45. The lowest BCUT2D eigenvalue weighted by molar-refractivity contribution is -0.122. The fourth-order valence-corrected chi connectivity index (χ4v) is 5.64. The lowest BCUT2D eigenvalue weighted by atomic mass is 9.84. The maximum absolute atomic E-state index is 14.6. The monoisotopic (exact) mass is 518 g/mol. The minimum atomic E-state index is -0.833. The summed E-state index contributed by atoms with van der Waals surface area (Å²) in [5, 5.41) is 3.73. The van der Waals surface area contributed by atoms with Crippen molar-refractivity contribution in [3.05, 3.63) is 114 Å². The highest BCUT2D eigenvalue weighted by atomic mass is 16.5. The molecule has 4 heteroatoms. The number of hydrogen-bond acceptors (Lipinski definition) is 3. The van der Waals surface area contributed by atoms with E-state index in [1.807, 2.05) is 53.4 Å². The van der Waals surface area contributed by atoms with Gasteiger partial charge >= 0.3 is 0 Å². The molecule has 1 aliphatic heterocycles. The molecule has 5 rings (SSSR count). The molecule has 4 aromatic rings. The number of carbonyl (C=O) groups excluding carboxylic acids is 1. The number of anilines is 2. The zero-order chi connectivity index (χ0) is 27.1. The number of unbranched alkanes of at least 4 members (excludes halogenated alkanes) is 4. The minimum Gasteiger partial charge on any atom is -0.497 e. The minimum absolute atomic E-state index is 0.109. The maximum atomic E-state index is 14.6. The van der Waals surface area contributed by atoms with E-state index in [2.05, 4.69) is 66.8 Å². The van der Waals surface area contributed by atoms with Gasteiger partial charge in [0.1, 0.15) is 11.3 Å². The predicted molar refractivity (Wildman–Crippen MR) is 161 cm³/mol. The van der Waals surface area contributed by atoms with Crippen molar-refractivity contribution in [1.82, 2.24) is 0 Å². The summed E-state index contributed by atoms with van der Waals surface area (Å²) in [6, 6.07) is 35.1. The number of nitrogens with zero attached hydrogens (tertiary/aromatic N) is 1. The van der Waals surface area contributed by atoms with Gasteiger partial charge in [0.15, 0.2) is 0 Å². The number of hydrogen-bond donors (Lipinski definition) is 1. The van der Waals surface area contributed by atoms with Gasteiger partial charge < -0.3 is 15.0 Å². The van der Waals surface area contributed by atoms with E-state index in [1.54, 1.807) is 7.11 Å². The standard InChI is InChI=1S/C35H38N2O2/c1-3-4-5-6-13-24-35(36-30-19-21-31(39-2)22-20-30)32-23-18-29(28-16-11-8-12-17-28)25-33(32)37(34(35)38)26-27-14-9-7-10-15-27/h7-12,14-23,25,36H,3-6,13,24,26H2,1-2H3/t35-/m0/s1. The summed E-state index contributed by atoms with van der Waals surface area (Å²) >= 11 is 0. The normalized spacial score (nSPS) is 16.3. The molecule has 200 valence electrons. The van der Waals surface area contributed by atoms with Crippen LogP contribution in [0.1, 0.15) is 56.6 Å². The molecular weight excluding hydrogens is 480 g/mol. The second kappa shape index (κ2) is 12.2. The Balaban J connectivity index is 1.58. The van der Waals surface area contributed by atoms with Crippen LogP contribution in [0.25, 0.3) is 11.1 Å². The molecule has 0 saturated carbocycles. The third kappa shape index (κ3) is 5.70. The highest BCUT2D eigenvalue weighted by Gasteiger charge is 2.50. The first kappa shape index (κ1) is 26.6. The van der Waals surface area contributed by atoms with Crippen LogP contribution in [0.5, 0.6) is 5.75 Å². The molecule has 1 N–H and O–H groups in total. The average Bonchev–Trinajstić information content (AvgIpc) is 3.20. The second-order valence-electron chi connectivity index (χ2n) is 10.4. The molecule has 0 aromatic heterocycles. The first-order valence-electron chi connectivity index (χ1n) is 14.1. The number of carbonyl (C=O) groups is 1. The third-order valence-corrected chi connectivity index (χ3v) is 7.75. The molecule has 0 spiro atoms. The molecule has 0 unspecified atom stereocenters. The molecule has 1 aliphatic rings. The Morgan fingerprint density at radius 2 is 1.46 bits per heavy atom. The molecule has 0 fully saturated rings. The average molecular weight is 519 g/mol. The van der Waals surface area contributed by atoms with Gasteiger partial charge in [-0.15, -0.1) is 0 Å². The van der Waals surface area contributed by atoms with Crippen LogP contribution in [0.4, 0.5) is 11.4 Å². The smallest absolute Gasteiger partial charge is 0.257 e. The predicted octanol–water partition coefficient (Wildman–Crippen LogP) is 8.58. The van der Waals surface area contributed by atoms with E-state index in [0.29, 0.717) is 6.54 Å². The van der Waals surface area contributed by atoms with Crippen LogP contribution in [0, 0.1) is 0 Å². The molecule has 1 atom stereocenters. The SMILES string of the molecule is CCCCCCC[C@@]1(Nc2ccc(OC)cc2)C(=O)N(Cc2ccccc2)c2cc(-c3ccccc3)ccc21. The molecule has 0 radical (unpaired) electrons. The van der Waals surface area contributed by atoms with E-state index in [4.69, 9.17) is 4.74 Å². The lowest BCUT2D eigenvalue weighted by Crippen LogP contribution is -2.46. The topological polar surface area (TPSA) is 41.6 Å². The number of rotatable bonds is 12. The number of ether oxygens (including phenoxy) is 1. The van der Waals surface area contributed by atoms with Gasteiger partial charge in [-0.1, -0.05) is 112 Å². The third-order valence-electron chi connectivity index (χ3n) is 7.75. The Kier molecular flexibility index (Phi) is 8.31. The number of methoxy groups -OCH3 is 1. The van der Waals surface area contributed by atoms with Crippen molar-refractivity contribution in [3.63, 3.8) is 0 Å². The van der Waals surface area contributed by atoms with Crippen LogP contribution in [0.3, 0.4) is 0 Å². The molecule has 4 aromatic carbocycles. The first-order chi connectivity index (χ1) is 19.1. The number of benzene rings is 4. The number of fused-ring (bicyclic) bond motifs is 1. The summed E-state index contributed by atoms with van der Waals surface area (Å²) in [6.45, 7) is 2.77. The van der Waals surface area contributed by atoms with E-state index < -0.39 is 5.54 Å². The van der Waals surface area contributed by atoms with Crippen LogP contribution >= 0.6 is 0 Å². The number of amides is 1. The Morgan fingerprint density at radius 1 is 0.769 bits per heavy atom. The van der Waals surface area contributed by atoms with Gasteiger partial charge in [0.25, 0.3) is 5.91 Å². The van der Waals surface area contributed by atoms with E-state index >= 15 is 0 Å². The Bertz CT molecular complexity index is 1370. The summed E-state index contributed by atoms with van der Waals surface area (Å²) in [5.74, 6) is 0.906. The van der Waals surface area contributed by atoms with Crippen molar-refractivity contribution in [2.24, 2.45) is 0 Å². The van der Waals surface area contributed by atoms with Gasteiger partial charge in [-0.3, -0.25) is 4.79 Å². The second-order valence-corrected chi connectivity index (χ2v) is 10.4. The van der Waals surface area contributed by atoms with Crippen molar-refractivity contribution in [2.75, 3.05) is 17.3 Å². The summed E-state index contributed by atoms with van der Waals surface area (Å²) in [5.41, 5.74) is 5.49. The summed E-state index contributed by atoms with van der Waals surface area (Å²) in [4.78, 5) is 16.6. The zero-order valence-corrected chi connectivity index (χ0v) is 23.0. The summed E-state index contributed by atoms with van der Waals surface area (Å²) in [7, 11) is 1.67. The molecule has 1 heterocycles. The van der Waals surface area contributed by atoms with Crippen LogP contribution < -0.4 is 15.0 Å². The van der Waals surface area contributed by atoms with E-state index in [9.17, 15) is 4.79 Å². The summed E-state index contributed by atoms with van der Waals surface area (Å²) < 4.78 is 5.38. The van der Waals surface area contributed by atoms with Crippen molar-refractivity contribution in [3.8, 4) is 16.9 Å². The van der Waals surface area contributed by atoms with Gasteiger partial charge in [0.05, 0.1) is 19.3 Å². The van der Waals surface area contributed by atoms with Crippen LogP contribution in [0.2, 0.25) is 0 Å². The first-order valence-corrected chi connectivity index (χ1v) is 14.1. The van der Waals surface area contributed by atoms with Gasteiger partial charge in [0, 0.05) is 11.3 Å². The Morgan fingerprint density at radius 3 is 2.15 bits per heavy atom. The molecule has 39 heavy (non-hydrogen) atoms. The molecule has 0 bridgehead atoms. The van der Waals surface area contributed by atoms with Gasteiger partial charge in [-0.05, 0) is 53.4 Å². The van der Waals surface area contributed by atoms with Gasteiger partial charge in [-0.25, -0.2) is 0 Å². The van der Waals surface area contributed by atoms with Crippen LogP contribution in [-0.4, -0.2) is 13.0 Å². The fraction of sp³-hybridized carbons (Fsp3) is 0.286. The highest BCUT2D eigenvalue weighted by molar-refractivity contribution is 6.10. The fourth-order valence-electron chi connectivity index (χ4n) is 5.64. The van der Waals surface area contributed by atoms with Crippen molar-refractivity contribution in [1.29, 1.82) is 0 Å². The molecular formula is C35H38N2O2. The van der Waals surface area contributed by atoms with Crippen LogP contribution in [-0.2, 0) is 16.9 Å². The van der Waals surface area contributed by atoms with Gasteiger partial charge in [-0.2, -0.15) is 0 Å². The van der Waals surface area contributed by atoms with Crippen molar-refractivity contribution >= 4 is 17.3 Å². The molecule has 4 nitrogen and oxygen atoms in total.